The third-order valence-corrected chi connectivity index (χ3v) is 4.63. The van der Waals surface area contributed by atoms with Gasteiger partial charge in [0.2, 0.25) is 0 Å². The van der Waals surface area contributed by atoms with E-state index in [0.29, 0.717) is 10.2 Å². The van der Waals surface area contributed by atoms with Crippen molar-refractivity contribution < 1.29 is 0 Å². The van der Waals surface area contributed by atoms with E-state index in [1.807, 2.05) is 0 Å². The van der Waals surface area contributed by atoms with Gasteiger partial charge in [-0.1, -0.05) is 56.1 Å². The van der Waals surface area contributed by atoms with Gasteiger partial charge in [-0.05, 0) is 34.7 Å². The second-order valence-electron chi connectivity index (χ2n) is 5.66. The first-order valence-electron chi connectivity index (χ1n) is 6.39. The summed E-state index contributed by atoms with van der Waals surface area (Å²) in [4.78, 5) is 5.29. The van der Waals surface area contributed by atoms with Crippen LogP contribution in [0.25, 0.3) is 0 Å². The fourth-order valence-electron chi connectivity index (χ4n) is 1.75. The highest BCUT2D eigenvalue weighted by atomic mass is 35.5. The molecule has 106 valence electrons. The van der Waals surface area contributed by atoms with E-state index in [4.69, 9.17) is 23.2 Å². The van der Waals surface area contributed by atoms with Crippen molar-refractivity contribution in [3.8, 4) is 0 Å². The predicted molar refractivity (Wildman–Crippen MR) is 89.0 cm³/mol. The smallest absolute Gasteiger partial charge is 0.130 e. The van der Waals surface area contributed by atoms with Crippen LogP contribution in [0.1, 0.15) is 31.9 Å². The number of rotatable bonds is 3. The predicted octanol–water partition coefficient (Wildman–Crippen LogP) is 5.98. The minimum Gasteiger partial charge on any atom is -0.244 e. The molecule has 0 radical (unpaired) electrons. The Morgan fingerprint density at radius 1 is 1.10 bits per heavy atom. The van der Waals surface area contributed by atoms with Crippen molar-refractivity contribution in [1.29, 1.82) is 0 Å². The van der Waals surface area contributed by atoms with E-state index in [1.54, 1.807) is 24.0 Å². The van der Waals surface area contributed by atoms with Crippen molar-refractivity contribution in [2.24, 2.45) is 0 Å². The van der Waals surface area contributed by atoms with Crippen LogP contribution in [0.15, 0.2) is 41.4 Å². The first kappa shape index (κ1) is 15.7. The van der Waals surface area contributed by atoms with E-state index in [1.165, 1.54) is 10.5 Å². The van der Waals surface area contributed by atoms with Gasteiger partial charge in [0.1, 0.15) is 5.15 Å². The zero-order chi connectivity index (χ0) is 14.8. The fourth-order valence-corrected chi connectivity index (χ4v) is 3.15. The van der Waals surface area contributed by atoms with Crippen LogP contribution < -0.4 is 0 Å². The second kappa shape index (κ2) is 6.38. The van der Waals surface area contributed by atoms with Gasteiger partial charge >= 0.3 is 0 Å². The molecule has 1 heterocycles. The number of pyridine rings is 1. The molecule has 0 bridgehead atoms. The standard InChI is InChI=1S/C16H17Cl2NS/c1-16(2,3)12-4-6-13(7-5-12)20-10-11-9-19-15(18)8-14(11)17/h4-9H,10H2,1-3H3. The summed E-state index contributed by atoms with van der Waals surface area (Å²) in [7, 11) is 0. The molecule has 1 aromatic carbocycles. The van der Waals surface area contributed by atoms with E-state index in [2.05, 4.69) is 50.0 Å². The number of hydrogen-bond donors (Lipinski definition) is 0. The van der Waals surface area contributed by atoms with Crippen molar-refractivity contribution in [3.05, 3.63) is 57.8 Å². The zero-order valence-electron chi connectivity index (χ0n) is 11.8. The number of benzene rings is 1. The first-order valence-corrected chi connectivity index (χ1v) is 8.14. The molecule has 1 aromatic heterocycles. The zero-order valence-corrected chi connectivity index (χ0v) is 14.1. The molecule has 0 amide bonds. The Kier molecular flexibility index (Phi) is 5.00. The molecule has 0 aliphatic carbocycles. The number of thioether (sulfide) groups is 1. The summed E-state index contributed by atoms with van der Waals surface area (Å²) in [6.07, 6.45) is 1.74. The summed E-state index contributed by atoms with van der Waals surface area (Å²) >= 11 is 13.7. The number of hydrogen-bond acceptors (Lipinski definition) is 2. The summed E-state index contributed by atoms with van der Waals surface area (Å²) in [6, 6.07) is 10.4. The van der Waals surface area contributed by atoms with E-state index < -0.39 is 0 Å². The van der Waals surface area contributed by atoms with Gasteiger partial charge in [0.05, 0.1) is 0 Å². The molecule has 0 saturated carbocycles. The van der Waals surface area contributed by atoms with Crippen molar-refractivity contribution >= 4 is 35.0 Å². The Labute approximate surface area is 134 Å². The topological polar surface area (TPSA) is 12.9 Å². The molecule has 0 fully saturated rings. The van der Waals surface area contributed by atoms with E-state index in [-0.39, 0.29) is 5.41 Å². The van der Waals surface area contributed by atoms with E-state index in [9.17, 15) is 0 Å². The van der Waals surface area contributed by atoms with Crippen LogP contribution in [-0.4, -0.2) is 4.98 Å². The van der Waals surface area contributed by atoms with E-state index >= 15 is 0 Å². The molecule has 4 heteroatoms. The lowest BCUT2D eigenvalue weighted by molar-refractivity contribution is 0.590. The second-order valence-corrected chi connectivity index (χ2v) is 7.50. The lowest BCUT2D eigenvalue weighted by Crippen LogP contribution is -2.10. The number of nitrogens with zero attached hydrogens (tertiary/aromatic N) is 1. The molecule has 2 aromatic rings. The normalized spacial score (nSPS) is 11.7. The van der Waals surface area contributed by atoms with Gasteiger partial charge in [-0.2, -0.15) is 0 Å². The maximum absolute atomic E-state index is 6.14. The molecule has 20 heavy (non-hydrogen) atoms. The molecule has 0 unspecified atom stereocenters. The molecule has 0 spiro atoms. The van der Waals surface area contributed by atoms with Crippen molar-refractivity contribution in [3.63, 3.8) is 0 Å². The lowest BCUT2D eigenvalue weighted by atomic mass is 9.87. The van der Waals surface area contributed by atoms with Gasteiger partial charge in [0.25, 0.3) is 0 Å². The quantitative estimate of drug-likeness (QED) is 0.508. The Balaban J connectivity index is 2.04. The molecule has 1 nitrogen and oxygen atoms in total. The molecule has 0 saturated heterocycles. The highest BCUT2D eigenvalue weighted by Gasteiger charge is 2.13. The van der Waals surface area contributed by atoms with E-state index in [0.717, 1.165) is 11.3 Å². The molecular formula is C16H17Cl2NS. The third-order valence-electron chi connectivity index (χ3n) is 3.01. The van der Waals surface area contributed by atoms with Crippen molar-refractivity contribution in [2.45, 2.75) is 36.8 Å². The van der Waals surface area contributed by atoms with Crippen LogP contribution in [0, 0.1) is 0 Å². The van der Waals surface area contributed by atoms with Crippen LogP contribution >= 0.6 is 35.0 Å². The van der Waals surface area contributed by atoms with Gasteiger partial charge in [-0.3, -0.25) is 0 Å². The van der Waals surface area contributed by atoms with Gasteiger partial charge in [-0.15, -0.1) is 11.8 Å². The first-order chi connectivity index (χ1) is 9.36. The Morgan fingerprint density at radius 3 is 2.30 bits per heavy atom. The minimum atomic E-state index is 0.187. The highest BCUT2D eigenvalue weighted by molar-refractivity contribution is 7.98. The van der Waals surface area contributed by atoms with Crippen LogP contribution in [0.4, 0.5) is 0 Å². The monoisotopic (exact) mass is 325 g/mol. The average molecular weight is 326 g/mol. The summed E-state index contributed by atoms with van der Waals surface area (Å²) < 4.78 is 0. The summed E-state index contributed by atoms with van der Waals surface area (Å²) in [5.74, 6) is 0.790. The highest BCUT2D eigenvalue weighted by Crippen LogP contribution is 2.29. The maximum atomic E-state index is 6.14. The van der Waals surface area contributed by atoms with Crippen LogP contribution in [0.2, 0.25) is 10.2 Å². The molecule has 0 aliphatic heterocycles. The largest absolute Gasteiger partial charge is 0.244 e. The van der Waals surface area contributed by atoms with Crippen LogP contribution in [-0.2, 0) is 11.2 Å². The third kappa shape index (κ3) is 4.15. The van der Waals surface area contributed by atoms with Gasteiger partial charge < -0.3 is 0 Å². The molecule has 2 rings (SSSR count). The molecule has 0 aliphatic rings. The Morgan fingerprint density at radius 2 is 1.75 bits per heavy atom. The van der Waals surface area contributed by atoms with Crippen LogP contribution in [0.5, 0.6) is 0 Å². The molecular weight excluding hydrogens is 309 g/mol. The minimum absolute atomic E-state index is 0.187. The SMILES string of the molecule is CC(C)(C)c1ccc(SCc2cnc(Cl)cc2Cl)cc1. The average Bonchev–Trinajstić information content (AvgIpc) is 2.37. The van der Waals surface area contributed by atoms with Crippen molar-refractivity contribution in [1.82, 2.24) is 4.98 Å². The van der Waals surface area contributed by atoms with Crippen molar-refractivity contribution in [2.75, 3.05) is 0 Å². The molecule has 0 atom stereocenters. The number of halogens is 2. The summed E-state index contributed by atoms with van der Waals surface area (Å²) in [6.45, 7) is 6.65. The maximum Gasteiger partial charge on any atom is 0.130 e. The number of aromatic nitrogens is 1. The fraction of sp³-hybridized carbons (Fsp3) is 0.312. The molecule has 0 N–H and O–H groups in total. The summed E-state index contributed by atoms with van der Waals surface area (Å²) in [5.41, 5.74) is 2.53. The van der Waals surface area contributed by atoms with Gasteiger partial charge in [0.15, 0.2) is 0 Å². The Hall–Kier alpha value is -0.700. The lowest BCUT2D eigenvalue weighted by Gasteiger charge is -2.19. The van der Waals surface area contributed by atoms with Gasteiger partial charge in [-0.25, -0.2) is 4.98 Å². The van der Waals surface area contributed by atoms with Gasteiger partial charge in [0, 0.05) is 21.9 Å². The summed E-state index contributed by atoms with van der Waals surface area (Å²) in [5, 5.41) is 1.10. The Bertz CT molecular complexity index is 588. The van der Waals surface area contributed by atoms with Crippen LogP contribution in [0.3, 0.4) is 0 Å².